The van der Waals surface area contributed by atoms with Crippen molar-refractivity contribution in [3.8, 4) is 5.75 Å². The van der Waals surface area contributed by atoms with Gasteiger partial charge in [0.1, 0.15) is 23.3 Å². The van der Waals surface area contributed by atoms with E-state index in [9.17, 15) is 28.9 Å². The molecule has 172 valence electrons. The molecule has 0 N–H and O–H groups in total. The number of nitrogens with zero attached hydrogens (tertiary/aromatic N) is 4. The van der Waals surface area contributed by atoms with E-state index in [4.69, 9.17) is 4.74 Å². The van der Waals surface area contributed by atoms with Crippen LogP contribution in [0.25, 0.3) is 0 Å². The number of Topliss-reactive ketones (excluding diaryl/α,β-unsaturated/α-hetero) is 1. The quantitative estimate of drug-likeness (QED) is 0.288. The van der Waals surface area contributed by atoms with E-state index in [0.29, 0.717) is 0 Å². The maximum absolute atomic E-state index is 13.7. The molecule has 10 nitrogen and oxygen atoms in total. The fourth-order valence-electron chi connectivity index (χ4n) is 4.83. The summed E-state index contributed by atoms with van der Waals surface area (Å²) < 4.78 is 18.7. The minimum Gasteiger partial charge on any atom is -0.495 e. The highest BCUT2D eigenvalue weighted by atomic mass is 19.1. The Hall–Kier alpha value is -4.41. The van der Waals surface area contributed by atoms with Crippen molar-refractivity contribution in [1.29, 1.82) is 0 Å². The molecule has 3 aliphatic heterocycles. The molecule has 2 aromatic carbocycles. The number of allylic oxidation sites excluding steroid dienone is 1. The fourth-order valence-corrected chi connectivity index (χ4v) is 4.83. The normalized spacial score (nSPS) is 24.9. The Morgan fingerprint density at radius 3 is 2.50 bits per heavy atom. The molecular formula is C23H17FN4O6. The minimum atomic E-state index is -1.12. The average Bonchev–Trinajstić information content (AvgIpc) is 3.31. The summed E-state index contributed by atoms with van der Waals surface area (Å²) in [5.41, 5.74) is -0.220. The number of nitro groups is 1. The molecule has 11 heteroatoms. The predicted octanol–water partition coefficient (Wildman–Crippen LogP) is 2.34. The Kier molecular flexibility index (Phi) is 4.96. The lowest BCUT2D eigenvalue weighted by molar-refractivity contribution is -0.384. The molecule has 0 saturated carbocycles. The molecule has 34 heavy (non-hydrogen) atoms. The number of carbonyl (C=O) groups is 3. The SMILES string of the molecule is COc1ccc([N+](=O)[O-])cc1N1C(=O)[C@@H]2[C@H](C1=O)[C@@H]1C=CC=NN1[C@@H]2C(=O)c1ccc(F)cc1. The number of halogens is 1. The van der Waals surface area contributed by atoms with Crippen molar-refractivity contribution in [2.45, 2.75) is 12.1 Å². The number of methoxy groups -OCH3 is 1. The summed E-state index contributed by atoms with van der Waals surface area (Å²) in [6.07, 6.45) is 4.76. The molecule has 2 amide bonds. The summed E-state index contributed by atoms with van der Waals surface area (Å²) >= 11 is 0. The first-order chi connectivity index (χ1) is 16.3. The molecule has 0 spiro atoms. The fraction of sp³-hybridized carbons (Fsp3) is 0.217. The highest BCUT2D eigenvalue weighted by Crippen LogP contribution is 2.48. The number of carbonyl (C=O) groups excluding carboxylic acids is 3. The Morgan fingerprint density at radius 2 is 1.82 bits per heavy atom. The van der Waals surface area contributed by atoms with E-state index in [1.54, 1.807) is 12.2 Å². The topological polar surface area (TPSA) is 122 Å². The summed E-state index contributed by atoms with van der Waals surface area (Å²) in [6, 6.07) is 6.72. The number of nitro benzene ring substituents is 1. The van der Waals surface area contributed by atoms with E-state index in [1.165, 1.54) is 42.6 Å². The van der Waals surface area contributed by atoms with Crippen molar-refractivity contribution in [1.82, 2.24) is 5.01 Å². The summed E-state index contributed by atoms with van der Waals surface area (Å²) in [7, 11) is 1.32. The third kappa shape index (κ3) is 3.08. The van der Waals surface area contributed by atoms with E-state index in [0.717, 1.165) is 23.1 Å². The van der Waals surface area contributed by atoms with Gasteiger partial charge in [-0.15, -0.1) is 0 Å². The summed E-state index contributed by atoms with van der Waals surface area (Å²) in [4.78, 5) is 52.2. The van der Waals surface area contributed by atoms with Crippen molar-refractivity contribution in [3.05, 3.63) is 76.1 Å². The second kappa shape index (κ2) is 7.87. The first kappa shape index (κ1) is 21.4. The standard InChI is InChI=1S/C23H17FN4O6/c1-34-17-9-8-14(28(32)33)11-16(17)26-22(30)18-15-3-2-10-25-27(15)20(19(18)23(26)31)21(29)12-4-6-13(24)7-5-12/h2-11,15,18-20H,1H3/t15-,18+,19+,20-/m0/s1. The molecular weight excluding hydrogens is 447 g/mol. The smallest absolute Gasteiger partial charge is 0.271 e. The number of fused-ring (bicyclic) bond motifs is 3. The summed E-state index contributed by atoms with van der Waals surface area (Å²) in [6.45, 7) is 0. The zero-order chi connectivity index (χ0) is 24.1. The molecule has 0 radical (unpaired) electrons. The van der Waals surface area contributed by atoms with Crippen LogP contribution in [0.1, 0.15) is 10.4 Å². The number of ketones is 1. The molecule has 0 aromatic heterocycles. The Labute approximate surface area is 192 Å². The number of amides is 2. The van der Waals surface area contributed by atoms with Gasteiger partial charge in [-0.2, -0.15) is 5.10 Å². The molecule has 2 aromatic rings. The van der Waals surface area contributed by atoms with Gasteiger partial charge in [-0.05, 0) is 36.4 Å². The minimum absolute atomic E-state index is 0.0658. The molecule has 2 saturated heterocycles. The molecule has 2 fully saturated rings. The van der Waals surface area contributed by atoms with Crippen molar-refractivity contribution in [2.24, 2.45) is 16.9 Å². The molecule has 3 aliphatic rings. The first-order valence-electron chi connectivity index (χ1n) is 10.3. The van der Waals surface area contributed by atoms with Crippen molar-refractivity contribution in [3.63, 3.8) is 0 Å². The van der Waals surface area contributed by atoms with Crippen molar-refractivity contribution < 1.29 is 28.4 Å². The van der Waals surface area contributed by atoms with E-state index < -0.39 is 52.3 Å². The maximum Gasteiger partial charge on any atom is 0.271 e. The number of anilines is 1. The van der Waals surface area contributed by atoms with Crippen LogP contribution in [0.15, 0.2) is 59.7 Å². The highest BCUT2D eigenvalue weighted by Gasteiger charge is 2.64. The van der Waals surface area contributed by atoms with Crippen LogP contribution in [0.3, 0.4) is 0 Å². The van der Waals surface area contributed by atoms with Crippen LogP contribution in [0, 0.1) is 27.8 Å². The summed E-state index contributed by atoms with van der Waals surface area (Å²) in [5, 5.41) is 17.0. The van der Waals surface area contributed by atoms with Gasteiger partial charge in [-0.1, -0.05) is 6.08 Å². The van der Waals surface area contributed by atoms with E-state index in [1.807, 2.05) is 0 Å². The van der Waals surface area contributed by atoms with Gasteiger partial charge in [0.05, 0.1) is 29.9 Å². The second-order valence-electron chi connectivity index (χ2n) is 8.01. The van der Waals surface area contributed by atoms with Gasteiger partial charge < -0.3 is 4.74 Å². The number of hydrogen-bond acceptors (Lipinski definition) is 8. The molecule has 0 aliphatic carbocycles. The third-order valence-electron chi connectivity index (χ3n) is 6.30. The van der Waals surface area contributed by atoms with Gasteiger partial charge in [0, 0.05) is 23.9 Å². The Balaban J connectivity index is 1.60. The van der Waals surface area contributed by atoms with Crippen LogP contribution in [0.2, 0.25) is 0 Å². The van der Waals surface area contributed by atoms with Crippen LogP contribution >= 0.6 is 0 Å². The van der Waals surface area contributed by atoms with Crippen LogP contribution in [-0.4, -0.2) is 52.9 Å². The van der Waals surface area contributed by atoms with E-state index in [-0.39, 0.29) is 22.7 Å². The summed E-state index contributed by atoms with van der Waals surface area (Å²) in [5.74, 6) is -4.25. The molecule has 3 heterocycles. The largest absolute Gasteiger partial charge is 0.495 e. The van der Waals surface area contributed by atoms with Gasteiger partial charge in [-0.25, -0.2) is 9.29 Å². The molecule has 5 rings (SSSR count). The maximum atomic E-state index is 13.7. The number of rotatable bonds is 5. The first-order valence-corrected chi connectivity index (χ1v) is 10.3. The monoisotopic (exact) mass is 464 g/mol. The molecule has 0 bridgehead atoms. The zero-order valence-electron chi connectivity index (χ0n) is 17.7. The second-order valence-corrected chi connectivity index (χ2v) is 8.01. The highest BCUT2D eigenvalue weighted by molar-refractivity contribution is 6.25. The number of imide groups is 1. The van der Waals surface area contributed by atoms with Gasteiger partial charge in [0.2, 0.25) is 11.8 Å². The lowest BCUT2D eigenvalue weighted by Crippen LogP contribution is -2.46. The van der Waals surface area contributed by atoms with Crippen LogP contribution in [0.4, 0.5) is 15.8 Å². The predicted molar refractivity (Wildman–Crippen MR) is 117 cm³/mol. The van der Waals surface area contributed by atoms with Crippen molar-refractivity contribution >= 4 is 35.2 Å². The number of ether oxygens (including phenoxy) is 1. The number of non-ortho nitro benzene ring substituents is 1. The van der Waals surface area contributed by atoms with Gasteiger partial charge in [-0.3, -0.25) is 29.5 Å². The van der Waals surface area contributed by atoms with Crippen LogP contribution in [0.5, 0.6) is 5.75 Å². The Bertz CT molecular complexity index is 1290. The number of hydrogen-bond donors (Lipinski definition) is 0. The van der Waals surface area contributed by atoms with Crippen LogP contribution in [-0.2, 0) is 9.59 Å². The average molecular weight is 464 g/mol. The lowest BCUT2D eigenvalue weighted by atomic mass is 9.86. The molecule has 4 atom stereocenters. The Morgan fingerprint density at radius 1 is 1.12 bits per heavy atom. The van der Waals surface area contributed by atoms with E-state index in [2.05, 4.69) is 5.10 Å². The number of benzene rings is 2. The van der Waals surface area contributed by atoms with Gasteiger partial charge in [0.25, 0.3) is 5.69 Å². The number of hydrazone groups is 1. The third-order valence-corrected chi connectivity index (χ3v) is 6.30. The molecule has 0 unspecified atom stereocenters. The van der Waals surface area contributed by atoms with Crippen molar-refractivity contribution in [2.75, 3.05) is 12.0 Å². The zero-order valence-corrected chi connectivity index (χ0v) is 17.7. The van der Waals surface area contributed by atoms with Gasteiger partial charge >= 0.3 is 0 Å². The van der Waals surface area contributed by atoms with Crippen LogP contribution < -0.4 is 9.64 Å². The van der Waals surface area contributed by atoms with Gasteiger partial charge in [0.15, 0.2) is 5.78 Å². The lowest BCUT2D eigenvalue weighted by Gasteiger charge is -2.30. The van der Waals surface area contributed by atoms with E-state index >= 15 is 0 Å².